The first kappa shape index (κ1) is 43.3. The zero-order valence-electron chi connectivity index (χ0n) is 40.0. The van der Waals surface area contributed by atoms with Gasteiger partial charge in [-0.2, -0.15) is 0 Å². The molecule has 0 saturated heterocycles. The molecule has 0 radical (unpaired) electrons. The summed E-state index contributed by atoms with van der Waals surface area (Å²) in [5.41, 5.74) is 23.7. The van der Waals surface area contributed by atoms with Crippen molar-refractivity contribution in [3.05, 3.63) is 290 Å². The fourth-order valence-electron chi connectivity index (χ4n) is 10.8. The Hall–Kier alpha value is -8.98. The molecule has 11 aromatic carbocycles. The Labute approximate surface area is 418 Å². The van der Waals surface area contributed by atoms with Crippen LogP contribution in [0.2, 0.25) is 0 Å². The molecule has 0 N–H and O–H groups in total. The molecular weight excluding hydrogens is 857 g/mol. The predicted molar refractivity (Wildman–Crippen MR) is 301 cm³/mol. The lowest BCUT2D eigenvalue weighted by molar-refractivity contribution is 0.660. The molecule has 1 aliphatic rings. The monoisotopic (exact) mass is 908 g/mol. The van der Waals surface area contributed by atoms with Crippen molar-refractivity contribution >= 4 is 34.1 Å². The standard InChI is InChI=1S/C69H52N2/c1-69(2)66-34-20-18-33-60(66)61-45-44-58(46-67(61)69)70(54-28-14-6-15-29-54)56-40-36-52(37-41-56)64-47-63(51-26-12-5-13-27-51)65(48-62(64)50-24-10-4-11-25-50)53-38-42-57(43-39-53)71(55-30-16-7-17-31-55)68-35-21-19-32-59(68)49-22-8-3-9-23-49/h3-48H,1-2H3. The van der Waals surface area contributed by atoms with Crippen LogP contribution in [0.1, 0.15) is 25.0 Å². The molecule has 0 heterocycles. The molecular formula is C69H52N2. The highest BCUT2D eigenvalue weighted by atomic mass is 15.1. The average Bonchev–Trinajstić information content (AvgIpc) is 3.67. The van der Waals surface area contributed by atoms with E-state index in [9.17, 15) is 0 Å². The molecule has 12 rings (SSSR count). The summed E-state index contributed by atoms with van der Waals surface area (Å²) in [5.74, 6) is 0. The van der Waals surface area contributed by atoms with Gasteiger partial charge in [-0.25, -0.2) is 0 Å². The van der Waals surface area contributed by atoms with Gasteiger partial charge in [-0.3, -0.25) is 0 Å². The highest BCUT2D eigenvalue weighted by molar-refractivity contribution is 5.97. The van der Waals surface area contributed by atoms with Crippen LogP contribution in [0.3, 0.4) is 0 Å². The lowest BCUT2D eigenvalue weighted by Crippen LogP contribution is -2.16. The number of rotatable bonds is 11. The molecule has 2 heteroatoms. The summed E-state index contributed by atoms with van der Waals surface area (Å²) >= 11 is 0. The van der Waals surface area contributed by atoms with E-state index in [2.05, 4.69) is 303 Å². The van der Waals surface area contributed by atoms with Crippen molar-refractivity contribution in [2.24, 2.45) is 0 Å². The summed E-state index contributed by atoms with van der Waals surface area (Å²) in [7, 11) is 0. The lowest BCUT2D eigenvalue weighted by Gasteiger charge is -2.28. The van der Waals surface area contributed by atoms with Crippen LogP contribution in [0.25, 0.3) is 66.8 Å². The molecule has 0 bridgehead atoms. The van der Waals surface area contributed by atoms with E-state index in [1.807, 2.05) is 0 Å². The molecule has 0 aliphatic heterocycles. The van der Waals surface area contributed by atoms with E-state index in [0.29, 0.717) is 0 Å². The summed E-state index contributed by atoms with van der Waals surface area (Å²) in [6.45, 7) is 4.70. The first-order chi connectivity index (χ1) is 35.0. The van der Waals surface area contributed by atoms with Crippen LogP contribution >= 0.6 is 0 Å². The Morgan fingerprint density at radius 1 is 0.225 bits per heavy atom. The normalized spacial score (nSPS) is 12.2. The van der Waals surface area contributed by atoms with Crippen LogP contribution in [-0.2, 0) is 5.41 Å². The van der Waals surface area contributed by atoms with Gasteiger partial charge < -0.3 is 9.80 Å². The molecule has 11 aromatic rings. The highest BCUT2D eigenvalue weighted by Crippen LogP contribution is 2.51. The van der Waals surface area contributed by atoms with E-state index < -0.39 is 0 Å². The van der Waals surface area contributed by atoms with E-state index in [-0.39, 0.29) is 5.41 Å². The molecule has 0 spiro atoms. The Morgan fingerprint density at radius 2 is 0.563 bits per heavy atom. The van der Waals surface area contributed by atoms with Crippen LogP contribution < -0.4 is 9.80 Å². The first-order valence-corrected chi connectivity index (χ1v) is 24.6. The maximum atomic E-state index is 2.41. The fraction of sp³-hybridized carbons (Fsp3) is 0.0435. The van der Waals surface area contributed by atoms with Gasteiger partial charge in [0.15, 0.2) is 0 Å². The molecule has 0 saturated carbocycles. The largest absolute Gasteiger partial charge is 0.310 e. The SMILES string of the molecule is CC1(C)c2ccccc2-c2ccc(N(c3ccccc3)c3ccc(-c4cc(-c5ccccc5)c(-c5ccc(N(c6ccccc6)c6ccccc6-c6ccccc6)cc5)cc4-c4ccccc4)cc3)cc21. The van der Waals surface area contributed by atoms with Crippen molar-refractivity contribution in [2.45, 2.75) is 19.3 Å². The van der Waals surface area contributed by atoms with Crippen molar-refractivity contribution in [1.82, 2.24) is 0 Å². The van der Waals surface area contributed by atoms with Gasteiger partial charge in [-0.1, -0.05) is 214 Å². The first-order valence-electron chi connectivity index (χ1n) is 24.6. The minimum atomic E-state index is -0.107. The number of hydrogen-bond acceptors (Lipinski definition) is 2. The van der Waals surface area contributed by atoms with E-state index >= 15 is 0 Å². The van der Waals surface area contributed by atoms with Crippen LogP contribution in [0.5, 0.6) is 0 Å². The number of benzene rings is 11. The summed E-state index contributed by atoms with van der Waals surface area (Å²) in [6, 6.07) is 101. The molecule has 0 amide bonds. The predicted octanol–water partition coefficient (Wildman–Crippen LogP) is 19.3. The van der Waals surface area contributed by atoms with E-state index in [0.717, 1.165) is 45.3 Å². The third-order valence-electron chi connectivity index (χ3n) is 14.3. The number of nitrogens with zero attached hydrogens (tertiary/aromatic N) is 2. The zero-order chi connectivity index (χ0) is 47.7. The Bertz CT molecular complexity index is 3620. The molecule has 71 heavy (non-hydrogen) atoms. The van der Waals surface area contributed by atoms with Crippen LogP contribution in [0, 0.1) is 0 Å². The molecule has 0 atom stereocenters. The third kappa shape index (κ3) is 8.10. The molecule has 1 aliphatic carbocycles. The van der Waals surface area contributed by atoms with Crippen LogP contribution in [0.15, 0.2) is 279 Å². The zero-order valence-corrected chi connectivity index (χ0v) is 40.0. The number of fused-ring (bicyclic) bond motifs is 3. The van der Waals surface area contributed by atoms with Crippen LogP contribution in [0.4, 0.5) is 34.1 Å². The number of anilines is 6. The lowest BCUT2D eigenvalue weighted by atomic mass is 9.82. The third-order valence-corrected chi connectivity index (χ3v) is 14.3. The highest BCUT2D eigenvalue weighted by Gasteiger charge is 2.35. The van der Waals surface area contributed by atoms with Gasteiger partial charge >= 0.3 is 0 Å². The van der Waals surface area contributed by atoms with Crippen LogP contribution in [-0.4, -0.2) is 0 Å². The smallest absolute Gasteiger partial charge is 0.0540 e. The van der Waals surface area contributed by atoms with E-state index in [4.69, 9.17) is 0 Å². The topological polar surface area (TPSA) is 6.48 Å². The maximum Gasteiger partial charge on any atom is 0.0540 e. The van der Waals surface area contributed by atoms with Gasteiger partial charge in [0, 0.05) is 39.4 Å². The van der Waals surface area contributed by atoms with E-state index in [1.165, 1.54) is 66.8 Å². The Morgan fingerprint density at radius 3 is 1.07 bits per heavy atom. The van der Waals surface area contributed by atoms with Gasteiger partial charge in [-0.05, 0) is 151 Å². The van der Waals surface area contributed by atoms with Gasteiger partial charge in [0.2, 0.25) is 0 Å². The quantitative estimate of drug-likeness (QED) is 0.128. The van der Waals surface area contributed by atoms with Gasteiger partial charge in [0.25, 0.3) is 0 Å². The van der Waals surface area contributed by atoms with Gasteiger partial charge in [0.05, 0.1) is 5.69 Å². The van der Waals surface area contributed by atoms with Crippen molar-refractivity contribution in [3.63, 3.8) is 0 Å². The van der Waals surface area contributed by atoms with Crippen molar-refractivity contribution < 1.29 is 0 Å². The summed E-state index contributed by atoms with van der Waals surface area (Å²) < 4.78 is 0. The fourth-order valence-corrected chi connectivity index (χ4v) is 10.8. The second-order valence-corrected chi connectivity index (χ2v) is 18.9. The van der Waals surface area contributed by atoms with Gasteiger partial charge in [0.1, 0.15) is 0 Å². The second kappa shape index (κ2) is 18.5. The Balaban J connectivity index is 0.971. The minimum Gasteiger partial charge on any atom is -0.310 e. The van der Waals surface area contributed by atoms with Gasteiger partial charge in [-0.15, -0.1) is 0 Å². The van der Waals surface area contributed by atoms with E-state index in [1.54, 1.807) is 0 Å². The molecule has 0 fully saturated rings. The molecule has 0 unspecified atom stereocenters. The second-order valence-electron chi connectivity index (χ2n) is 18.9. The minimum absolute atomic E-state index is 0.107. The van der Waals surface area contributed by atoms with Crippen molar-refractivity contribution in [1.29, 1.82) is 0 Å². The summed E-state index contributed by atoms with van der Waals surface area (Å²) in [4.78, 5) is 4.76. The number of para-hydroxylation sites is 3. The number of hydrogen-bond donors (Lipinski definition) is 0. The average molecular weight is 909 g/mol. The van der Waals surface area contributed by atoms with Crippen molar-refractivity contribution in [3.8, 4) is 66.8 Å². The summed E-state index contributed by atoms with van der Waals surface area (Å²) in [6.07, 6.45) is 0. The maximum absolute atomic E-state index is 2.41. The Kier molecular flexibility index (Phi) is 11.3. The molecule has 2 nitrogen and oxygen atoms in total. The summed E-state index contributed by atoms with van der Waals surface area (Å²) in [5, 5.41) is 0. The van der Waals surface area contributed by atoms with Crippen molar-refractivity contribution in [2.75, 3.05) is 9.80 Å². The molecule has 338 valence electrons. The molecule has 0 aromatic heterocycles.